The highest BCUT2D eigenvalue weighted by atomic mass is 16.5. The first kappa shape index (κ1) is 11.1. The zero-order valence-corrected chi connectivity index (χ0v) is 8.82. The van der Waals surface area contributed by atoms with Gasteiger partial charge in [-0.25, -0.2) is 5.11 Å². The molecule has 77 valence electrons. The van der Waals surface area contributed by atoms with Gasteiger partial charge in [0.1, 0.15) is 5.75 Å². The van der Waals surface area contributed by atoms with Crippen LogP contribution in [0.4, 0.5) is 0 Å². The van der Waals surface area contributed by atoms with Crippen LogP contribution < -0.4 is 4.74 Å². The van der Waals surface area contributed by atoms with Crippen molar-refractivity contribution in [2.75, 3.05) is 13.2 Å². The second-order valence-electron chi connectivity index (χ2n) is 3.77. The van der Waals surface area contributed by atoms with Crippen molar-refractivity contribution in [2.45, 2.75) is 20.3 Å². The number of rotatable bonds is 5. The van der Waals surface area contributed by atoms with Gasteiger partial charge in [0.15, 0.2) is 0 Å². The number of benzene rings is 1. The summed E-state index contributed by atoms with van der Waals surface area (Å²) < 4.78 is 5.61. The monoisotopic (exact) mass is 193 g/mol. The highest BCUT2D eigenvalue weighted by Gasteiger charge is 2.03. The van der Waals surface area contributed by atoms with E-state index in [1.165, 1.54) is 0 Å². The molecule has 2 heteroatoms. The highest BCUT2D eigenvalue weighted by Crippen LogP contribution is 2.18. The third-order valence-electron chi connectivity index (χ3n) is 1.92. The molecule has 0 heterocycles. The Labute approximate surface area is 85.5 Å². The second-order valence-corrected chi connectivity index (χ2v) is 3.77. The maximum Gasteiger partial charge on any atom is 0.122 e. The molecule has 0 N–H and O–H groups in total. The van der Waals surface area contributed by atoms with Crippen LogP contribution >= 0.6 is 0 Å². The number of para-hydroxylation sites is 1. The molecule has 0 saturated carbocycles. The average molecular weight is 193 g/mol. The van der Waals surface area contributed by atoms with E-state index in [9.17, 15) is 5.11 Å². The molecule has 1 rings (SSSR count). The van der Waals surface area contributed by atoms with Crippen LogP contribution in [0.5, 0.6) is 5.75 Å². The Morgan fingerprint density at radius 2 is 2.00 bits per heavy atom. The Morgan fingerprint density at radius 3 is 2.64 bits per heavy atom. The van der Waals surface area contributed by atoms with Gasteiger partial charge in [-0.05, 0) is 17.5 Å². The minimum atomic E-state index is -0.0813. The average Bonchev–Trinajstić information content (AvgIpc) is 2.17. The molecule has 0 aliphatic heterocycles. The maximum atomic E-state index is 10.5. The fourth-order valence-corrected chi connectivity index (χ4v) is 1.22. The SMILES string of the molecule is CC(C)COc1ccccc1CC[O]. The van der Waals surface area contributed by atoms with Crippen LogP contribution in [0, 0.1) is 5.92 Å². The van der Waals surface area contributed by atoms with Crippen LogP contribution in [0.2, 0.25) is 0 Å². The van der Waals surface area contributed by atoms with Gasteiger partial charge in [0, 0.05) is 6.42 Å². The summed E-state index contributed by atoms with van der Waals surface area (Å²) in [6, 6.07) is 7.75. The Balaban J connectivity index is 2.64. The zero-order valence-electron chi connectivity index (χ0n) is 8.82. The van der Waals surface area contributed by atoms with E-state index in [1.807, 2.05) is 24.3 Å². The standard InChI is InChI=1S/C12H17O2/c1-10(2)9-14-12-6-4-3-5-11(12)7-8-13/h3-6,10H,7-9H2,1-2H3. The molecule has 14 heavy (non-hydrogen) atoms. The van der Waals surface area contributed by atoms with Gasteiger partial charge in [-0.3, -0.25) is 0 Å². The van der Waals surface area contributed by atoms with Crippen molar-refractivity contribution >= 4 is 0 Å². The van der Waals surface area contributed by atoms with Gasteiger partial charge in [0.05, 0.1) is 13.2 Å². The minimum absolute atomic E-state index is 0.0813. The smallest absolute Gasteiger partial charge is 0.122 e. The molecule has 0 unspecified atom stereocenters. The quantitative estimate of drug-likeness (QED) is 0.706. The van der Waals surface area contributed by atoms with Crippen molar-refractivity contribution in [3.63, 3.8) is 0 Å². The summed E-state index contributed by atoms with van der Waals surface area (Å²) in [4.78, 5) is 0. The molecule has 1 aromatic rings. The van der Waals surface area contributed by atoms with Gasteiger partial charge < -0.3 is 4.74 Å². The summed E-state index contributed by atoms with van der Waals surface area (Å²) in [5, 5.41) is 10.5. The van der Waals surface area contributed by atoms with Crippen LogP contribution in [0.1, 0.15) is 19.4 Å². The zero-order chi connectivity index (χ0) is 10.4. The molecule has 0 amide bonds. The number of hydrogen-bond donors (Lipinski definition) is 0. The third kappa shape index (κ3) is 3.38. The molecule has 0 aliphatic rings. The lowest BCUT2D eigenvalue weighted by Gasteiger charge is -2.11. The van der Waals surface area contributed by atoms with Crippen molar-refractivity contribution in [1.82, 2.24) is 0 Å². The molecule has 0 aliphatic carbocycles. The maximum absolute atomic E-state index is 10.5. The van der Waals surface area contributed by atoms with Crippen molar-refractivity contribution < 1.29 is 9.84 Å². The summed E-state index contributed by atoms with van der Waals surface area (Å²) in [6.07, 6.45) is 0.550. The Kier molecular flexibility index (Phi) is 4.47. The molecule has 0 atom stereocenters. The molecule has 0 bridgehead atoms. The summed E-state index contributed by atoms with van der Waals surface area (Å²) >= 11 is 0. The first-order valence-corrected chi connectivity index (χ1v) is 5.03. The molecule has 0 fully saturated rings. The predicted octanol–water partition coefficient (Wildman–Crippen LogP) is 2.69. The van der Waals surface area contributed by atoms with Crippen LogP contribution in [0.3, 0.4) is 0 Å². The third-order valence-corrected chi connectivity index (χ3v) is 1.92. The van der Waals surface area contributed by atoms with Crippen molar-refractivity contribution in [1.29, 1.82) is 0 Å². The summed E-state index contributed by atoms with van der Waals surface area (Å²) in [5.74, 6) is 1.37. The van der Waals surface area contributed by atoms with E-state index in [0.717, 1.165) is 11.3 Å². The summed E-state index contributed by atoms with van der Waals surface area (Å²) in [6.45, 7) is 4.84. The number of hydrogen-bond acceptors (Lipinski definition) is 1. The van der Waals surface area contributed by atoms with E-state index in [0.29, 0.717) is 18.9 Å². The van der Waals surface area contributed by atoms with E-state index in [1.54, 1.807) is 0 Å². The van der Waals surface area contributed by atoms with Crippen molar-refractivity contribution in [3.8, 4) is 5.75 Å². The first-order chi connectivity index (χ1) is 6.74. The lowest BCUT2D eigenvalue weighted by atomic mass is 10.1. The van der Waals surface area contributed by atoms with Gasteiger partial charge in [0.2, 0.25) is 0 Å². The number of ether oxygens (including phenoxy) is 1. The topological polar surface area (TPSA) is 29.1 Å². The van der Waals surface area contributed by atoms with E-state index in [2.05, 4.69) is 13.8 Å². The van der Waals surface area contributed by atoms with Gasteiger partial charge in [-0.1, -0.05) is 32.0 Å². The fourth-order valence-electron chi connectivity index (χ4n) is 1.22. The van der Waals surface area contributed by atoms with Crippen LogP contribution in [-0.2, 0) is 11.5 Å². The van der Waals surface area contributed by atoms with E-state index >= 15 is 0 Å². The van der Waals surface area contributed by atoms with E-state index in [4.69, 9.17) is 4.74 Å². The van der Waals surface area contributed by atoms with Crippen LogP contribution in [0.15, 0.2) is 24.3 Å². The fraction of sp³-hybridized carbons (Fsp3) is 0.500. The molecule has 0 spiro atoms. The molecule has 2 nitrogen and oxygen atoms in total. The minimum Gasteiger partial charge on any atom is -0.493 e. The van der Waals surface area contributed by atoms with Gasteiger partial charge in [-0.2, -0.15) is 0 Å². The van der Waals surface area contributed by atoms with E-state index in [-0.39, 0.29) is 6.61 Å². The van der Waals surface area contributed by atoms with E-state index < -0.39 is 0 Å². The summed E-state index contributed by atoms with van der Waals surface area (Å²) in [7, 11) is 0. The normalized spacial score (nSPS) is 10.6. The van der Waals surface area contributed by atoms with Gasteiger partial charge >= 0.3 is 0 Å². The molecule has 0 aromatic heterocycles. The highest BCUT2D eigenvalue weighted by molar-refractivity contribution is 5.33. The van der Waals surface area contributed by atoms with Gasteiger partial charge in [0.25, 0.3) is 0 Å². The Bertz CT molecular complexity index is 269. The predicted molar refractivity (Wildman–Crippen MR) is 56.0 cm³/mol. The van der Waals surface area contributed by atoms with Crippen LogP contribution in [-0.4, -0.2) is 13.2 Å². The summed E-state index contributed by atoms with van der Waals surface area (Å²) in [5.41, 5.74) is 1.02. The van der Waals surface area contributed by atoms with Gasteiger partial charge in [-0.15, -0.1) is 0 Å². The largest absolute Gasteiger partial charge is 0.493 e. The molecular formula is C12H17O2. The molecule has 0 saturated heterocycles. The molecule has 1 aromatic carbocycles. The Morgan fingerprint density at radius 1 is 1.29 bits per heavy atom. The molecular weight excluding hydrogens is 176 g/mol. The molecule has 1 radical (unpaired) electrons. The van der Waals surface area contributed by atoms with Crippen LogP contribution in [0.25, 0.3) is 0 Å². The van der Waals surface area contributed by atoms with Crippen molar-refractivity contribution in [2.24, 2.45) is 5.92 Å². The lowest BCUT2D eigenvalue weighted by Crippen LogP contribution is -2.06. The Hall–Kier alpha value is -1.02. The first-order valence-electron chi connectivity index (χ1n) is 5.03. The van der Waals surface area contributed by atoms with Crippen molar-refractivity contribution in [3.05, 3.63) is 29.8 Å². The second kappa shape index (κ2) is 5.66. The lowest BCUT2D eigenvalue weighted by molar-refractivity contribution is 0.195.